The van der Waals surface area contributed by atoms with Crippen molar-refractivity contribution in [1.29, 1.82) is 5.26 Å². The Bertz CT molecular complexity index is 500. The van der Waals surface area contributed by atoms with Crippen LogP contribution in [0.5, 0.6) is 0 Å². The van der Waals surface area contributed by atoms with Crippen LogP contribution in [0.1, 0.15) is 56.4 Å². The average molecular weight is 334 g/mol. The lowest BCUT2D eigenvalue weighted by atomic mass is 9.84. The van der Waals surface area contributed by atoms with Crippen LogP contribution >= 0.6 is 15.9 Å². The molecule has 20 heavy (non-hydrogen) atoms. The third kappa shape index (κ3) is 3.93. The monoisotopic (exact) mass is 333 g/mol. The topological polar surface area (TPSA) is 40.9 Å². The van der Waals surface area contributed by atoms with E-state index in [2.05, 4.69) is 22.0 Å². The van der Waals surface area contributed by atoms with Crippen molar-refractivity contribution in [3.05, 3.63) is 34.3 Å². The van der Waals surface area contributed by atoms with Crippen LogP contribution in [0.15, 0.2) is 28.7 Å². The Hall–Kier alpha value is -1.14. The van der Waals surface area contributed by atoms with Gasteiger partial charge in [0, 0.05) is 10.9 Å². The van der Waals surface area contributed by atoms with E-state index in [1.54, 1.807) is 0 Å². The van der Waals surface area contributed by atoms with E-state index < -0.39 is 5.92 Å². The summed E-state index contributed by atoms with van der Waals surface area (Å²) in [4.78, 5) is 12.3. The second-order valence-electron chi connectivity index (χ2n) is 5.59. The van der Waals surface area contributed by atoms with Crippen LogP contribution in [0, 0.1) is 17.2 Å². The molecule has 0 saturated heterocycles. The molecule has 2 nitrogen and oxygen atoms in total. The van der Waals surface area contributed by atoms with Crippen LogP contribution in [0.25, 0.3) is 0 Å². The van der Waals surface area contributed by atoms with E-state index in [0.717, 1.165) is 16.5 Å². The largest absolute Gasteiger partial charge is 0.298 e. The predicted octanol–water partition coefficient (Wildman–Crippen LogP) is 4.99. The van der Waals surface area contributed by atoms with Gasteiger partial charge in [-0.25, -0.2) is 0 Å². The second kappa shape index (κ2) is 7.59. The van der Waals surface area contributed by atoms with E-state index in [9.17, 15) is 10.1 Å². The van der Waals surface area contributed by atoms with Crippen molar-refractivity contribution < 1.29 is 4.79 Å². The first-order valence-electron chi connectivity index (χ1n) is 7.39. The molecule has 3 heteroatoms. The lowest BCUT2D eigenvalue weighted by Crippen LogP contribution is -2.14. The number of hydrogen-bond acceptors (Lipinski definition) is 2. The minimum absolute atomic E-state index is 0.0602. The summed E-state index contributed by atoms with van der Waals surface area (Å²) in [5.74, 6) is 0.116. The quantitative estimate of drug-likeness (QED) is 0.761. The molecule has 1 aromatic rings. The molecule has 0 bridgehead atoms. The summed E-state index contributed by atoms with van der Waals surface area (Å²) in [5, 5.41) is 9.32. The molecule has 1 aliphatic carbocycles. The van der Waals surface area contributed by atoms with Gasteiger partial charge in [0.25, 0.3) is 0 Å². The first-order chi connectivity index (χ1) is 9.72. The van der Waals surface area contributed by atoms with Gasteiger partial charge in [-0.1, -0.05) is 66.2 Å². The molecule has 1 atom stereocenters. The number of carbonyl (C=O) groups is 1. The zero-order chi connectivity index (χ0) is 14.4. The summed E-state index contributed by atoms with van der Waals surface area (Å²) < 4.78 is 0.845. The van der Waals surface area contributed by atoms with Crippen molar-refractivity contribution in [1.82, 2.24) is 0 Å². The van der Waals surface area contributed by atoms with Gasteiger partial charge in [-0.15, -0.1) is 0 Å². The summed E-state index contributed by atoms with van der Waals surface area (Å²) >= 11 is 3.43. The van der Waals surface area contributed by atoms with Gasteiger partial charge in [0.1, 0.15) is 5.92 Å². The Kier molecular flexibility index (Phi) is 5.79. The molecular formula is C17H20BrNO. The van der Waals surface area contributed by atoms with Crippen molar-refractivity contribution in [2.45, 2.75) is 50.9 Å². The molecule has 1 unspecified atom stereocenters. The molecule has 2 rings (SSSR count). The molecular weight excluding hydrogens is 314 g/mol. The van der Waals surface area contributed by atoms with Crippen molar-refractivity contribution >= 4 is 21.7 Å². The summed E-state index contributed by atoms with van der Waals surface area (Å²) in [7, 11) is 0. The van der Waals surface area contributed by atoms with E-state index in [0.29, 0.717) is 12.3 Å². The van der Waals surface area contributed by atoms with Gasteiger partial charge in [-0.05, 0) is 24.0 Å². The molecule has 1 aromatic carbocycles. The smallest absolute Gasteiger partial charge is 0.154 e. The normalized spacial score (nSPS) is 17.4. The summed E-state index contributed by atoms with van der Waals surface area (Å²) in [6, 6.07) is 9.68. The average Bonchev–Trinajstić information content (AvgIpc) is 2.49. The zero-order valence-corrected chi connectivity index (χ0v) is 13.2. The third-order valence-electron chi connectivity index (χ3n) is 4.19. The van der Waals surface area contributed by atoms with Crippen LogP contribution < -0.4 is 0 Å². The van der Waals surface area contributed by atoms with Crippen LogP contribution in [-0.4, -0.2) is 5.78 Å². The van der Waals surface area contributed by atoms with E-state index in [1.165, 1.54) is 32.1 Å². The van der Waals surface area contributed by atoms with E-state index >= 15 is 0 Å². The highest BCUT2D eigenvalue weighted by Crippen LogP contribution is 2.30. The molecule has 1 aliphatic rings. The molecule has 106 valence electrons. The van der Waals surface area contributed by atoms with Gasteiger partial charge < -0.3 is 0 Å². The standard InChI is InChI=1S/C17H20BrNO/c18-16-9-5-4-8-14(16)15(12-19)17(20)11-10-13-6-2-1-3-7-13/h4-5,8-9,13,15H,1-3,6-7,10-11H2. The maximum absolute atomic E-state index is 12.3. The van der Waals surface area contributed by atoms with Gasteiger partial charge in [0.2, 0.25) is 0 Å². The van der Waals surface area contributed by atoms with Gasteiger partial charge >= 0.3 is 0 Å². The lowest BCUT2D eigenvalue weighted by Gasteiger charge is -2.21. The van der Waals surface area contributed by atoms with Crippen molar-refractivity contribution in [3.8, 4) is 6.07 Å². The van der Waals surface area contributed by atoms with Gasteiger partial charge in [0.05, 0.1) is 6.07 Å². The Morgan fingerprint density at radius 2 is 2.00 bits per heavy atom. The highest BCUT2D eigenvalue weighted by atomic mass is 79.9. The van der Waals surface area contributed by atoms with Crippen molar-refractivity contribution in [2.75, 3.05) is 0 Å². The minimum atomic E-state index is -0.630. The molecule has 0 N–H and O–H groups in total. The number of hydrogen-bond donors (Lipinski definition) is 0. The number of ketones is 1. The Labute approximate surface area is 129 Å². The Morgan fingerprint density at radius 3 is 2.65 bits per heavy atom. The number of rotatable bonds is 5. The summed E-state index contributed by atoms with van der Waals surface area (Å²) in [6.07, 6.45) is 7.91. The van der Waals surface area contributed by atoms with Gasteiger partial charge in [-0.3, -0.25) is 4.79 Å². The number of halogens is 1. The molecule has 1 fully saturated rings. The van der Waals surface area contributed by atoms with Gasteiger partial charge in [0.15, 0.2) is 5.78 Å². The molecule has 0 aliphatic heterocycles. The summed E-state index contributed by atoms with van der Waals surface area (Å²) in [6.45, 7) is 0. The Morgan fingerprint density at radius 1 is 1.30 bits per heavy atom. The highest BCUT2D eigenvalue weighted by Gasteiger charge is 2.23. The Balaban J connectivity index is 1.96. The SMILES string of the molecule is N#CC(C(=O)CCC1CCCCC1)c1ccccc1Br. The molecule has 0 amide bonds. The first kappa shape index (κ1) is 15.3. The van der Waals surface area contributed by atoms with Crippen molar-refractivity contribution in [2.24, 2.45) is 5.92 Å². The van der Waals surface area contributed by atoms with Crippen LogP contribution in [0.4, 0.5) is 0 Å². The minimum Gasteiger partial charge on any atom is -0.298 e. The van der Waals surface area contributed by atoms with Crippen LogP contribution in [0.3, 0.4) is 0 Å². The van der Waals surface area contributed by atoms with Crippen LogP contribution in [0.2, 0.25) is 0 Å². The van der Waals surface area contributed by atoms with E-state index in [4.69, 9.17) is 0 Å². The molecule has 0 heterocycles. The number of Topliss-reactive ketones (excluding diaryl/α,β-unsaturated/α-hetero) is 1. The molecule has 0 spiro atoms. The zero-order valence-electron chi connectivity index (χ0n) is 11.6. The summed E-state index contributed by atoms with van der Waals surface area (Å²) in [5.41, 5.74) is 0.795. The molecule has 0 aromatic heterocycles. The fourth-order valence-corrected chi connectivity index (χ4v) is 3.50. The number of carbonyl (C=O) groups excluding carboxylic acids is 1. The fourth-order valence-electron chi connectivity index (χ4n) is 2.99. The van der Waals surface area contributed by atoms with E-state index in [-0.39, 0.29) is 5.78 Å². The number of benzene rings is 1. The maximum Gasteiger partial charge on any atom is 0.154 e. The van der Waals surface area contributed by atoms with E-state index in [1.807, 2.05) is 24.3 Å². The van der Waals surface area contributed by atoms with Crippen molar-refractivity contribution in [3.63, 3.8) is 0 Å². The highest BCUT2D eigenvalue weighted by molar-refractivity contribution is 9.10. The number of nitriles is 1. The maximum atomic E-state index is 12.3. The predicted molar refractivity (Wildman–Crippen MR) is 83.3 cm³/mol. The lowest BCUT2D eigenvalue weighted by molar-refractivity contribution is -0.119. The molecule has 0 radical (unpaired) electrons. The third-order valence-corrected chi connectivity index (χ3v) is 4.91. The second-order valence-corrected chi connectivity index (χ2v) is 6.45. The molecule has 1 saturated carbocycles. The first-order valence-corrected chi connectivity index (χ1v) is 8.18. The van der Waals surface area contributed by atoms with Crippen LogP contribution in [-0.2, 0) is 4.79 Å². The van der Waals surface area contributed by atoms with Gasteiger partial charge in [-0.2, -0.15) is 5.26 Å². The fraction of sp³-hybridized carbons (Fsp3) is 0.529. The number of nitrogens with zero attached hydrogens (tertiary/aromatic N) is 1.